The van der Waals surface area contributed by atoms with E-state index in [9.17, 15) is 0 Å². The van der Waals surface area contributed by atoms with Crippen molar-refractivity contribution in [2.24, 2.45) is 4.99 Å². The minimum Gasteiger partial charge on any atom is -0.309 e. The van der Waals surface area contributed by atoms with Gasteiger partial charge in [-0.25, -0.2) is 0 Å². The van der Waals surface area contributed by atoms with Crippen molar-refractivity contribution >= 4 is 62.9 Å². The number of para-hydroxylation sites is 3. The summed E-state index contributed by atoms with van der Waals surface area (Å²) in [5.74, 6) is 0. The van der Waals surface area contributed by atoms with Gasteiger partial charge in [0.1, 0.15) is 0 Å². The maximum atomic E-state index is 4.59. The van der Waals surface area contributed by atoms with Crippen LogP contribution in [0.4, 0.5) is 17.1 Å². The molecule has 0 saturated carbocycles. The van der Waals surface area contributed by atoms with Gasteiger partial charge in [0.15, 0.2) is 0 Å². The minimum absolute atomic E-state index is 0.888. The predicted octanol–water partition coefficient (Wildman–Crippen LogP) is 12.0. The molecule has 224 valence electrons. The molecule has 0 fully saturated rings. The predicted molar refractivity (Wildman–Crippen MR) is 202 cm³/mol. The molecule has 6 aromatic carbocycles. The maximum Gasteiger partial charge on any atom is 0.0698 e. The summed E-state index contributed by atoms with van der Waals surface area (Å²) in [5.41, 5.74) is 13.6. The maximum absolute atomic E-state index is 4.59. The Morgan fingerprint density at radius 2 is 1.30 bits per heavy atom. The molecule has 0 bridgehead atoms. The highest BCUT2D eigenvalue weighted by Crippen LogP contribution is 2.43. The van der Waals surface area contributed by atoms with Crippen LogP contribution in [0.15, 0.2) is 163 Å². The molecule has 0 unspecified atom stereocenters. The smallest absolute Gasteiger partial charge is 0.0698 e. The number of aliphatic imine (C=N–C) groups is 1. The molecule has 1 aliphatic heterocycles. The molecule has 0 spiro atoms. The third-order valence-corrected chi connectivity index (χ3v) is 8.85. The molecule has 0 aliphatic carbocycles. The van der Waals surface area contributed by atoms with Crippen molar-refractivity contribution in [1.82, 2.24) is 4.57 Å². The van der Waals surface area contributed by atoms with Crippen LogP contribution in [0, 0.1) is 0 Å². The van der Waals surface area contributed by atoms with Gasteiger partial charge in [0.2, 0.25) is 0 Å². The van der Waals surface area contributed by atoms with E-state index in [1.54, 1.807) is 6.08 Å². The van der Waals surface area contributed by atoms with E-state index in [1.165, 1.54) is 49.7 Å². The number of hydrogen-bond acceptors (Lipinski definition) is 2. The quantitative estimate of drug-likeness (QED) is 0.137. The monoisotopic (exact) mass is 603 g/mol. The Morgan fingerprint density at radius 3 is 2.17 bits per heavy atom. The normalized spacial score (nSPS) is 12.8. The highest BCUT2D eigenvalue weighted by Gasteiger charge is 2.20. The van der Waals surface area contributed by atoms with Crippen LogP contribution >= 0.6 is 0 Å². The van der Waals surface area contributed by atoms with Gasteiger partial charge in [-0.3, -0.25) is 4.99 Å². The van der Waals surface area contributed by atoms with Crippen LogP contribution in [0.5, 0.6) is 0 Å². The zero-order valence-corrected chi connectivity index (χ0v) is 26.2. The molecule has 0 saturated heterocycles. The van der Waals surface area contributed by atoms with Crippen molar-refractivity contribution in [1.29, 1.82) is 0 Å². The van der Waals surface area contributed by atoms with Crippen LogP contribution in [-0.2, 0) is 0 Å². The number of hydrogen-bond donors (Lipinski definition) is 0. The van der Waals surface area contributed by atoms with Crippen LogP contribution in [0.2, 0.25) is 0 Å². The van der Waals surface area contributed by atoms with Gasteiger partial charge < -0.3 is 9.47 Å². The number of rotatable bonds is 6. The van der Waals surface area contributed by atoms with Crippen molar-refractivity contribution in [3.8, 4) is 16.8 Å². The molecular formula is C44H33N3. The number of aromatic nitrogens is 1. The lowest BCUT2D eigenvalue weighted by atomic mass is 9.99. The van der Waals surface area contributed by atoms with E-state index in [2.05, 4.69) is 173 Å². The van der Waals surface area contributed by atoms with Crippen molar-refractivity contribution in [2.45, 2.75) is 6.92 Å². The van der Waals surface area contributed by atoms with Gasteiger partial charge in [-0.2, -0.15) is 0 Å². The summed E-state index contributed by atoms with van der Waals surface area (Å²) in [6.07, 6.45) is 10.0. The third kappa shape index (κ3) is 4.99. The Hall–Kier alpha value is -6.19. The first-order chi connectivity index (χ1) is 23.2. The molecule has 3 nitrogen and oxygen atoms in total. The molecule has 1 aromatic heterocycles. The number of anilines is 3. The Bertz CT molecular complexity index is 2390. The zero-order chi connectivity index (χ0) is 31.7. The lowest BCUT2D eigenvalue weighted by Gasteiger charge is -2.27. The first kappa shape index (κ1) is 28.3. The van der Waals surface area contributed by atoms with Crippen LogP contribution in [0.25, 0.3) is 56.5 Å². The van der Waals surface area contributed by atoms with Crippen molar-refractivity contribution in [3.63, 3.8) is 0 Å². The number of nitrogens with zero attached hydrogens (tertiary/aromatic N) is 3. The SMILES string of the molecule is C=C/C=C(\N=CC)c1cccc(-n2c3ccccc3c3cc(-c4ccc5c(c4)C=Cc4ccccc4N5c4ccccc4)ccc32)c1. The van der Waals surface area contributed by atoms with Gasteiger partial charge in [-0.15, -0.1) is 0 Å². The average molecular weight is 604 g/mol. The third-order valence-electron chi connectivity index (χ3n) is 8.85. The van der Waals surface area contributed by atoms with E-state index in [0.29, 0.717) is 0 Å². The molecular weight excluding hydrogens is 571 g/mol. The van der Waals surface area contributed by atoms with E-state index in [-0.39, 0.29) is 0 Å². The Balaban J connectivity index is 1.26. The summed E-state index contributed by atoms with van der Waals surface area (Å²) in [4.78, 5) is 6.96. The molecule has 8 rings (SSSR count). The second-order valence-corrected chi connectivity index (χ2v) is 11.6. The number of allylic oxidation sites excluding steroid dienone is 2. The molecule has 3 heteroatoms. The van der Waals surface area contributed by atoms with Crippen LogP contribution in [0.3, 0.4) is 0 Å². The Morgan fingerprint density at radius 1 is 0.596 bits per heavy atom. The second-order valence-electron chi connectivity index (χ2n) is 11.6. The fourth-order valence-electron chi connectivity index (χ4n) is 6.77. The number of benzene rings is 6. The van der Waals surface area contributed by atoms with Gasteiger partial charge in [0.25, 0.3) is 0 Å². The first-order valence-electron chi connectivity index (χ1n) is 16.0. The second kappa shape index (κ2) is 12.0. The molecule has 2 heterocycles. The summed E-state index contributed by atoms with van der Waals surface area (Å²) >= 11 is 0. The van der Waals surface area contributed by atoms with E-state index >= 15 is 0 Å². The molecule has 1 aliphatic rings. The van der Waals surface area contributed by atoms with Gasteiger partial charge in [-0.05, 0) is 95.9 Å². The van der Waals surface area contributed by atoms with Gasteiger partial charge >= 0.3 is 0 Å². The summed E-state index contributed by atoms with van der Waals surface area (Å²) in [7, 11) is 0. The van der Waals surface area contributed by atoms with Crippen molar-refractivity contribution < 1.29 is 0 Å². The Kier molecular flexibility index (Phi) is 7.20. The van der Waals surface area contributed by atoms with E-state index in [4.69, 9.17) is 0 Å². The van der Waals surface area contributed by atoms with Gasteiger partial charge in [-0.1, -0.05) is 104 Å². The standard InChI is InChI=1S/C44H33N3/c1-3-13-40(45-4-2)34-15-12-18-37(29-34)47-43-21-11-9-19-38(43)39-30-33(25-27-44(39)47)32-24-26-42-35(28-32)23-22-31-14-8-10-20-41(31)46(42)36-16-6-5-7-17-36/h3-30H,1H2,2H3/b40-13-,45-4?. The van der Waals surface area contributed by atoms with Gasteiger partial charge in [0, 0.05) is 33.9 Å². The van der Waals surface area contributed by atoms with E-state index in [1.807, 2.05) is 19.2 Å². The minimum atomic E-state index is 0.888. The van der Waals surface area contributed by atoms with E-state index < -0.39 is 0 Å². The average Bonchev–Trinajstić information content (AvgIpc) is 3.36. The fourth-order valence-corrected chi connectivity index (χ4v) is 6.77. The molecule has 0 amide bonds. The van der Waals surface area contributed by atoms with Crippen molar-refractivity contribution in [3.05, 3.63) is 175 Å². The highest BCUT2D eigenvalue weighted by atomic mass is 15.1. The summed E-state index contributed by atoms with van der Waals surface area (Å²) in [5, 5.41) is 2.45. The van der Waals surface area contributed by atoms with Crippen LogP contribution in [0.1, 0.15) is 23.6 Å². The summed E-state index contributed by atoms with van der Waals surface area (Å²) < 4.78 is 2.36. The van der Waals surface area contributed by atoms with Crippen LogP contribution < -0.4 is 4.90 Å². The summed E-state index contributed by atoms with van der Waals surface area (Å²) in [6.45, 7) is 5.82. The first-order valence-corrected chi connectivity index (χ1v) is 16.0. The van der Waals surface area contributed by atoms with Crippen LogP contribution in [-0.4, -0.2) is 10.8 Å². The molecule has 0 atom stereocenters. The molecule has 0 radical (unpaired) electrons. The van der Waals surface area contributed by atoms with E-state index in [0.717, 1.165) is 28.3 Å². The zero-order valence-electron chi connectivity index (χ0n) is 26.2. The molecule has 0 N–H and O–H groups in total. The molecule has 47 heavy (non-hydrogen) atoms. The summed E-state index contributed by atoms with van der Waals surface area (Å²) in [6, 6.07) is 50.1. The molecule has 7 aromatic rings. The topological polar surface area (TPSA) is 20.5 Å². The lowest BCUT2D eigenvalue weighted by Crippen LogP contribution is -2.11. The van der Waals surface area contributed by atoms with Gasteiger partial charge in [0.05, 0.1) is 28.1 Å². The largest absolute Gasteiger partial charge is 0.309 e. The lowest BCUT2D eigenvalue weighted by molar-refractivity contribution is 1.18. The van der Waals surface area contributed by atoms with Crippen molar-refractivity contribution in [2.75, 3.05) is 4.90 Å². The number of fused-ring (bicyclic) bond motifs is 5. The fraction of sp³-hybridized carbons (Fsp3) is 0.0227. The Labute approximate surface area is 275 Å². The highest BCUT2D eigenvalue weighted by molar-refractivity contribution is 6.10.